The van der Waals surface area contributed by atoms with E-state index in [2.05, 4.69) is 30.2 Å². The molecule has 1 heterocycles. The number of pyridine rings is 1. The van der Waals surface area contributed by atoms with Crippen LogP contribution in [0, 0.1) is 11.8 Å². The smallest absolute Gasteiger partial charge is 0.123 e. The van der Waals surface area contributed by atoms with Gasteiger partial charge in [-0.3, -0.25) is 0 Å². The molecule has 3 nitrogen and oxygen atoms in total. The summed E-state index contributed by atoms with van der Waals surface area (Å²) < 4.78 is 0. The molecule has 3 N–H and O–H groups in total. The SMILES string of the molecule is CCCNC(Cc1ccnc(N)c1)C1CCC(C)CC1. The standard InChI is InChI=1S/C17H29N3/c1-3-9-19-16(15-6-4-13(2)5-7-15)11-14-8-10-20-17(18)12-14/h8,10,12-13,15-16,19H,3-7,9,11H2,1-2H3,(H2,18,20). The first-order valence-electron chi connectivity index (χ1n) is 8.12. The third kappa shape index (κ3) is 4.48. The van der Waals surface area contributed by atoms with E-state index < -0.39 is 0 Å². The maximum atomic E-state index is 5.80. The van der Waals surface area contributed by atoms with E-state index >= 15 is 0 Å². The van der Waals surface area contributed by atoms with E-state index in [4.69, 9.17) is 5.73 Å². The molecule has 3 heteroatoms. The maximum absolute atomic E-state index is 5.80. The van der Waals surface area contributed by atoms with Crippen molar-refractivity contribution in [1.82, 2.24) is 10.3 Å². The Kier molecular flexibility index (Phi) is 5.84. The number of aromatic nitrogens is 1. The third-order valence-electron chi connectivity index (χ3n) is 4.59. The fourth-order valence-electron chi connectivity index (χ4n) is 3.30. The van der Waals surface area contributed by atoms with Crippen LogP contribution >= 0.6 is 0 Å². The number of nitrogens with zero attached hydrogens (tertiary/aromatic N) is 1. The predicted molar refractivity (Wildman–Crippen MR) is 85.6 cm³/mol. The number of hydrogen-bond acceptors (Lipinski definition) is 3. The molecule has 1 saturated carbocycles. The molecule has 0 radical (unpaired) electrons. The Balaban J connectivity index is 1.99. The number of nitrogens with one attached hydrogen (secondary N) is 1. The summed E-state index contributed by atoms with van der Waals surface area (Å²) in [6.45, 7) is 5.73. The van der Waals surface area contributed by atoms with Gasteiger partial charge in [0.15, 0.2) is 0 Å². The molecule has 20 heavy (non-hydrogen) atoms. The highest BCUT2D eigenvalue weighted by Crippen LogP contribution is 2.31. The minimum absolute atomic E-state index is 0.587. The van der Waals surface area contributed by atoms with E-state index in [9.17, 15) is 0 Å². The fourth-order valence-corrected chi connectivity index (χ4v) is 3.30. The number of nitrogens with two attached hydrogens (primary N) is 1. The second-order valence-corrected chi connectivity index (χ2v) is 6.37. The monoisotopic (exact) mass is 275 g/mol. The Morgan fingerprint density at radius 1 is 1.35 bits per heavy atom. The minimum atomic E-state index is 0.587. The van der Waals surface area contributed by atoms with E-state index in [1.165, 1.54) is 37.7 Å². The van der Waals surface area contributed by atoms with Crippen LogP contribution in [0.4, 0.5) is 5.82 Å². The van der Waals surface area contributed by atoms with Crippen molar-refractivity contribution in [3.8, 4) is 0 Å². The van der Waals surface area contributed by atoms with Crippen LogP contribution < -0.4 is 11.1 Å². The van der Waals surface area contributed by atoms with Gasteiger partial charge in [-0.25, -0.2) is 4.98 Å². The molecule has 0 bridgehead atoms. The molecule has 1 fully saturated rings. The van der Waals surface area contributed by atoms with Gasteiger partial charge in [0.2, 0.25) is 0 Å². The first-order chi connectivity index (χ1) is 9.69. The topological polar surface area (TPSA) is 50.9 Å². The van der Waals surface area contributed by atoms with Crippen LogP contribution in [0.5, 0.6) is 0 Å². The van der Waals surface area contributed by atoms with E-state index in [1.807, 2.05) is 12.3 Å². The van der Waals surface area contributed by atoms with Gasteiger partial charge in [0.1, 0.15) is 5.82 Å². The van der Waals surface area contributed by atoms with Crippen LogP contribution in [-0.4, -0.2) is 17.6 Å². The van der Waals surface area contributed by atoms with Crippen molar-refractivity contribution in [3.05, 3.63) is 23.9 Å². The van der Waals surface area contributed by atoms with Crippen LogP contribution in [0.25, 0.3) is 0 Å². The fraction of sp³-hybridized carbons (Fsp3) is 0.706. The number of nitrogen functional groups attached to an aromatic ring is 1. The van der Waals surface area contributed by atoms with E-state index in [0.29, 0.717) is 11.9 Å². The zero-order valence-corrected chi connectivity index (χ0v) is 12.9. The van der Waals surface area contributed by atoms with Crippen LogP contribution in [0.15, 0.2) is 18.3 Å². The van der Waals surface area contributed by atoms with Crippen LogP contribution in [0.2, 0.25) is 0 Å². The number of rotatable bonds is 6. The van der Waals surface area contributed by atoms with Gasteiger partial charge in [-0.15, -0.1) is 0 Å². The van der Waals surface area contributed by atoms with Crippen molar-refractivity contribution in [2.75, 3.05) is 12.3 Å². The van der Waals surface area contributed by atoms with Gasteiger partial charge in [-0.2, -0.15) is 0 Å². The summed E-state index contributed by atoms with van der Waals surface area (Å²) >= 11 is 0. The Labute approximate surface area is 123 Å². The van der Waals surface area contributed by atoms with Crippen molar-refractivity contribution in [3.63, 3.8) is 0 Å². The molecule has 0 saturated heterocycles. The first-order valence-corrected chi connectivity index (χ1v) is 8.12. The second-order valence-electron chi connectivity index (χ2n) is 6.37. The molecule has 1 unspecified atom stereocenters. The Morgan fingerprint density at radius 3 is 2.75 bits per heavy atom. The Hall–Kier alpha value is -1.09. The largest absolute Gasteiger partial charge is 0.384 e. The highest BCUT2D eigenvalue weighted by atomic mass is 14.9. The highest BCUT2D eigenvalue weighted by Gasteiger charge is 2.25. The molecule has 0 aliphatic heterocycles. The van der Waals surface area contributed by atoms with Crippen molar-refractivity contribution < 1.29 is 0 Å². The molecule has 1 aliphatic rings. The van der Waals surface area contributed by atoms with Crippen LogP contribution in [0.3, 0.4) is 0 Å². The summed E-state index contributed by atoms with van der Waals surface area (Å²) in [5.41, 5.74) is 7.11. The van der Waals surface area contributed by atoms with Gasteiger partial charge in [0.25, 0.3) is 0 Å². The average molecular weight is 275 g/mol. The second kappa shape index (κ2) is 7.63. The van der Waals surface area contributed by atoms with Crippen LogP contribution in [0.1, 0.15) is 51.5 Å². The normalized spacial score (nSPS) is 24.5. The minimum Gasteiger partial charge on any atom is -0.384 e. The lowest BCUT2D eigenvalue weighted by molar-refractivity contribution is 0.229. The number of anilines is 1. The van der Waals surface area contributed by atoms with Crippen molar-refractivity contribution >= 4 is 5.82 Å². The van der Waals surface area contributed by atoms with Gasteiger partial charge in [0.05, 0.1) is 0 Å². The summed E-state index contributed by atoms with van der Waals surface area (Å²) in [5, 5.41) is 3.76. The third-order valence-corrected chi connectivity index (χ3v) is 4.59. The van der Waals surface area contributed by atoms with Gasteiger partial charge >= 0.3 is 0 Å². The van der Waals surface area contributed by atoms with Crippen molar-refractivity contribution in [2.45, 2.75) is 58.4 Å². The molecule has 112 valence electrons. The number of hydrogen-bond donors (Lipinski definition) is 2. The lowest BCUT2D eigenvalue weighted by Gasteiger charge is -2.33. The van der Waals surface area contributed by atoms with Crippen molar-refractivity contribution in [1.29, 1.82) is 0 Å². The quantitative estimate of drug-likeness (QED) is 0.836. The first kappa shape index (κ1) is 15.3. The average Bonchev–Trinajstić information content (AvgIpc) is 2.44. The molecule has 2 rings (SSSR count). The molecule has 0 spiro atoms. The lowest BCUT2D eigenvalue weighted by Crippen LogP contribution is -2.40. The van der Waals surface area contributed by atoms with Crippen LogP contribution in [-0.2, 0) is 6.42 Å². The highest BCUT2D eigenvalue weighted by molar-refractivity contribution is 5.32. The van der Waals surface area contributed by atoms with E-state index in [0.717, 1.165) is 24.8 Å². The summed E-state index contributed by atoms with van der Waals surface area (Å²) in [6, 6.07) is 4.71. The summed E-state index contributed by atoms with van der Waals surface area (Å²) in [7, 11) is 0. The van der Waals surface area contributed by atoms with Gasteiger partial charge in [-0.1, -0.05) is 26.7 Å². The Morgan fingerprint density at radius 2 is 2.10 bits per heavy atom. The zero-order valence-electron chi connectivity index (χ0n) is 12.9. The molecular formula is C17H29N3. The molecule has 0 amide bonds. The zero-order chi connectivity index (χ0) is 14.4. The molecule has 1 aromatic rings. The molecule has 1 aliphatic carbocycles. The van der Waals surface area contributed by atoms with E-state index in [1.54, 1.807) is 0 Å². The maximum Gasteiger partial charge on any atom is 0.123 e. The lowest BCUT2D eigenvalue weighted by atomic mass is 9.77. The van der Waals surface area contributed by atoms with Gasteiger partial charge < -0.3 is 11.1 Å². The summed E-state index contributed by atoms with van der Waals surface area (Å²) in [4.78, 5) is 4.09. The molecule has 1 atom stereocenters. The van der Waals surface area contributed by atoms with E-state index in [-0.39, 0.29) is 0 Å². The summed E-state index contributed by atoms with van der Waals surface area (Å²) in [6.07, 6.45) is 9.58. The predicted octanol–water partition coefficient (Wildman–Crippen LogP) is 3.40. The molecule has 1 aromatic heterocycles. The van der Waals surface area contributed by atoms with Gasteiger partial charge in [-0.05, 0) is 61.8 Å². The molecular weight excluding hydrogens is 246 g/mol. The van der Waals surface area contributed by atoms with Crippen molar-refractivity contribution in [2.24, 2.45) is 11.8 Å². The summed E-state index contributed by atoms with van der Waals surface area (Å²) in [5.74, 6) is 2.36. The molecule has 0 aromatic carbocycles. The Bertz CT molecular complexity index is 397. The van der Waals surface area contributed by atoms with Gasteiger partial charge in [0, 0.05) is 12.2 Å².